The second kappa shape index (κ2) is 7.11. The number of ether oxygens (including phenoxy) is 1. The van der Waals surface area contributed by atoms with Crippen LogP contribution in [0.3, 0.4) is 0 Å². The van der Waals surface area contributed by atoms with Gasteiger partial charge in [0.05, 0.1) is 12.7 Å². The number of rotatable bonds is 7. The molecule has 0 spiro atoms. The third kappa shape index (κ3) is 2.98. The van der Waals surface area contributed by atoms with Crippen molar-refractivity contribution in [1.29, 1.82) is 0 Å². The summed E-state index contributed by atoms with van der Waals surface area (Å²) < 4.78 is 5.21. The molecule has 0 bridgehead atoms. The Kier molecular flexibility index (Phi) is 5.20. The monoisotopic (exact) mass is 303 g/mol. The smallest absolute Gasteiger partial charge is 0.296 e. The molecule has 0 radical (unpaired) electrons. The molecule has 1 aromatic rings. The molecule has 1 N–H and O–H groups in total. The minimum atomic E-state index is -0.623. The van der Waals surface area contributed by atoms with Gasteiger partial charge in [0, 0.05) is 12.1 Å². The molecule has 2 rings (SSSR count). The number of benzene rings is 1. The Bertz CT molecular complexity index is 606. The van der Waals surface area contributed by atoms with Crippen molar-refractivity contribution in [3.8, 4) is 5.75 Å². The average Bonchev–Trinajstić information content (AvgIpc) is 2.74. The summed E-state index contributed by atoms with van der Waals surface area (Å²) in [6, 6.07) is 6.86. The molecule has 0 atom stereocenters. The van der Waals surface area contributed by atoms with Crippen LogP contribution in [0, 0.1) is 0 Å². The molecule has 118 valence electrons. The first-order chi connectivity index (χ1) is 10.6. The molecule has 0 saturated heterocycles. The van der Waals surface area contributed by atoms with Crippen molar-refractivity contribution in [2.45, 2.75) is 32.6 Å². The maximum Gasteiger partial charge on any atom is 0.296 e. The van der Waals surface area contributed by atoms with Crippen LogP contribution in [0.4, 0.5) is 0 Å². The highest BCUT2D eigenvalue weighted by atomic mass is 16.5. The van der Waals surface area contributed by atoms with Crippen molar-refractivity contribution in [2.24, 2.45) is 0 Å². The zero-order valence-electron chi connectivity index (χ0n) is 13.0. The molecule has 1 aromatic carbocycles. The van der Waals surface area contributed by atoms with E-state index in [-0.39, 0.29) is 5.57 Å². The topological polar surface area (TPSA) is 66.8 Å². The number of hydrogen-bond acceptors (Lipinski definition) is 4. The van der Waals surface area contributed by atoms with E-state index < -0.39 is 17.6 Å². The molecule has 0 aromatic heterocycles. The van der Waals surface area contributed by atoms with Gasteiger partial charge in [0.2, 0.25) is 0 Å². The number of nitrogens with zero attached hydrogens (tertiary/aromatic N) is 1. The summed E-state index contributed by atoms with van der Waals surface area (Å²) >= 11 is 0. The summed E-state index contributed by atoms with van der Waals surface area (Å²) in [7, 11) is 1.49. The molecule has 0 unspecified atom stereocenters. The molecule has 22 heavy (non-hydrogen) atoms. The van der Waals surface area contributed by atoms with Gasteiger partial charge in [-0.3, -0.25) is 14.5 Å². The number of methoxy groups -OCH3 is 1. The van der Waals surface area contributed by atoms with E-state index in [0.29, 0.717) is 17.9 Å². The minimum absolute atomic E-state index is 0.0259. The maximum atomic E-state index is 12.5. The Morgan fingerprint density at radius 3 is 2.50 bits per heavy atom. The van der Waals surface area contributed by atoms with Gasteiger partial charge in [-0.2, -0.15) is 0 Å². The first kappa shape index (κ1) is 16.1. The van der Waals surface area contributed by atoms with Gasteiger partial charge in [-0.05, 0) is 12.5 Å². The number of aliphatic hydroxyl groups excluding tert-OH is 1. The first-order valence-corrected chi connectivity index (χ1v) is 7.54. The number of carbonyl (C=O) groups is 2. The molecule has 0 saturated carbocycles. The highest BCUT2D eigenvalue weighted by molar-refractivity contribution is 6.35. The molecule has 5 heteroatoms. The minimum Gasteiger partial charge on any atom is -0.502 e. The van der Waals surface area contributed by atoms with Crippen LogP contribution < -0.4 is 4.74 Å². The van der Waals surface area contributed by atoms with E-state index in [9.17, 15) is 14.7 Å². The zero-order chi connectivity index (χ0) is 16.1. The van der Waals surface area contributed by atoms with Crippen LogP contribution in [0.25, 0.3) is 5.57 Å². The fraction of sp³-hybridized carbons (Fsp3) is 0.412. The van der Waals surface area contributed by atoms with Crippen LogP contribution in [0.2, 0.25) is 0 Å². The van der Waals surface area contributed by atoms with Gasteiger partial charge in [0.15, 0.2) is 5.76 Å². The normalized spacial score (nSPS) is 14.9. The number of hydrogen-bond donors (Lipinski definition) is 1. The number of carbonyl (C=O) groups excluding carboxylic acids is 2. The van der Waals surface area contributed by atoms with E-state index in [1.807, 2.05) is 0 Å². The van der Waals surface area contributed by atoms with Crippen LogP contribution in [0.5, 0.6) is 5.75 Å². The lowest BCUT2D eigenvalue weighted by Gasteiger charge is -2.14. The molecule has 5 nitrogen and oxygen atoms in total. The summed E-state index contributed by atoms with van der Waals surface area (Å²) in [4.78, 5) is 25.7. The lowest BCUT2D eigenvalue weighted by Crippen LogP contribution is -2.32. The van der Waals surface area contributed by atoms with Gasteiger partial charge in [0.25, 0.3) is 11.8 Å². The van der Waals surface area contributed by atoms with Crippen molar-refractivity contribution in [1.82, 2.24) is 4.90 Å². The van der Waals surface area contributed by atoms with Gasteiger partial charge >= 0.3 is 0 Å². The quantitative estimate of drug-likeness (QED) is 0.621. The highest BCUT2D eigenvalue weighted by Crippen LogP contribution is 2.33. The van der Waals surface area contributed by atoms with E-state index in [1.165, 1.54) is 7.11 Å². The summed E-state index contributed by atoms with van der Waals surface area (Å²) in [6.07, 6.45) is 3.85. The van der Waals surface area contributed by atoms with Gasteiger partial charge in [-0.15, -0.1) is 0 Å². The van der Waals surface area contributed by atoms with Gasteiger partial charge in [-0.1, -0.05) is 44.4 Å². The van der Waals surface area contributed by atoms with Gasteiger partial charge < -0.3 is 9.84 Å². The van der Waals surface area contributed by atoms with E-state index in [1.54, 1.807) is 24.3 Å². The number of amides is 2. The van der Waals surface area contributed by atoms with Crippen LogP contribution in [0.15, 0.2) is 30.0 Å². The Hall–Kier alpha value is -2.30. The molecule has 0 aliphatic carbocycles. The fourth-order valence-corrected chi connectivity index (χ4v) is 2.56. The van der Waals surface area contributed by atoms with E-state index in [4.69, 9.17) is 4.74 Å². The zero-order valence-corrected chi connectivity index (χ0v) is 13.0. The standard InChI is InChI=1S/C17H21NO4/c1-3-4-5-8-11-18-16(20)14(15(19)17(18)21)12-9-6-7-10-13(12)22-2/h6-7,9-10,19H,3-5,8,11H2,1-2H3. The summed E-state index contributed by atoms with van der Waals surface area (Å²) in [5.41, 5.74) is 0.467. The van der Waals surface area contributed by atoms with Gasteiger partial charge in [-0.25, -0.2) is 0 Å². The lowest BCUT2D eigenvalue weighted by molar-refractivity contribution is -0.138. The van der Waals surface area contributed by atoms with Crippen LogP contribution in [-0.2, 0) is 9.59 Å². The summed E-state index contributed by atoms with van der Waals surface area (Å²) in [5.74, 6) is -1.12. The van der Waals surface area contributed by atoms with Crippen LogP contribution >= 0.6 is 0 Å². The van der Waals surface area contributed by atoms with Crippen molar-refractivity contribution in [2.75, 3.05) is 13.7 Å². The molecule has 1 heterocycles. The third-order valence-corrected chi connectivity index (χ3v) is 3.76. The summed E-state index contributed by atoms with van der Waals surface area (Å²) in [6.45, 7) is 2.43. The molecular formula is C17H21NO4. The Labute approximate surface area is 130 Å². The average molecular weight is 303 g/mol. The van der Waals surface area contributed by atoms with Crippen LogP contribution in [0.1, 0.15) is 38.2 Å². The Balaban J connectivity index is 2.22. The van der Waals surface area contributed by atoms with Crippen LogP contribution in [-0.4, -0.2) is 35.5 Å². The third-order valence-electron chi connectivity index (χ3n) is 3.76. The van der Waals surface area contributed by atoms with Crippen molar-refractivity contribution in [3.05, 3.63) is 35.6 Å². The predicted molar refractivity (Wildman–Crippen MR) is 83.4 cm³/mol. The largest absolute Gasteiger partial charge is 0.502 e. The van der Waals surface area contributed by atoms with E-state index >= 15 is 0 Å². The first-order valence-electron chi connectivity index (χ1n) is 7.54. The summed E-state index contributed by atoms with van der Waals surface area (Å²) in [5, 5.41) is 10.1. The molecule has 2 amide bonds. The molecule has 1 aliphatic rings. The van der Waals surface area contributed by atoms with Gasteiger partial charge in [0.1, 0.15) is 5.75 Å². The Morgan fingerprint density at radius 1 is 1.09 bits per heavy atom. The molecule has 0 fully saturated rings. The molecular weight excluding hydrogens is 282 g/mol. The van der Waals surface area contributed by atoms with Crippen molar-refractivity contribution >= 4 is 17.4 Å². The number of para-hydroxylation sites is 1. The Morgan fingerprint density at radius 2 is 1.82 bits per heavy atom. The number of imide groups is 1. The van der Waals surface area contributed by atoms with Crippen molar-refractivity contribution in [3.63, 3.8) is 0 Å². The van der Waals surface area contributed by atoms with Crippen molar-refractivity contribution < 1.29 is 19.4 Å². The van der Waals surface area contributed by atoms with E-state index in [2.05, 4.69) is 6.92 Å². The fourth-order valence-electron chi connectivity index (χ4n) is 2.56. The van der Waals surface area contributed by atoms with E-state index in [0.717, 1.165) is 30.6 Å². The lowest BCUT2D eigenvalue weighted by atomic mass is 10.0. The SMILES string of the molecule is CCCCCCN1C(=O)C(O)=C(c2ccccc2OC)C1=O. The number of aliphatic hydroxyl groups is 1. The second-order valence-corrected chi connectivity index (χ2v) is 5.25. The molecule has 1 aliphatic heterocycles. The predicted octanol–water partition coefficient (Wildman–Crippen LogP) is 2.91. The highest BCUT2D eigenvalue weighted by Gasteiger charge is 2.39. The number of unbranched alkanes of at least 4 members (excludes halogenated alkanes) is 3. The maximum absolute atomic E-state index is 12.5. The second-order valence-electron chi connectivity index (χ2n) is 5.25.